The fourth-order valence-electron chi connectivity index (χ4n) is 2.84. The minimum Gasteiger partial charge on any atom is -0.452 e. The highest BCUT2D eigenvalue weighted by Crippen LogP contribution is 2.18. The van der Waals surface area contributed by atoms with E-state index in [4.69, 9.17) is 4.74 Å². The Bertz CT molecular complexity index is 962. The van der Waals surface area contributed by atoms with Crippen molar-refractivity contribution >= 4 is 21.7 Å². The topological polar surface area (TPSA) is 80.8 Å². The van der Waals surface area contributed by atoms with Crippen LogP contribution < -0.4 is 0 Å². The summed E-state index contributed by atoms with van der Waals surface area (Å²) >= 11 is 0. The van der Waals surface area contributed by atoms with E-state index in [2.05, 4.69) is 0 Å². The van der Waals surface area contributed by atoms with Gasteiger partial charge < -0.3 is 9.64 Å². The molecule has 0 saturated heterocycles. The molecule has 0 atom stereocenters. The summed E-state index contributed by atoms with van der Waals surface area (Å²) in [6, 6.07) is 15.8. The molecule has 0 heterocycles. The van der Waals surface area contributed by atoms with Crippen molar-refractivity contribution < 1.29 is 22.7 Å². The van der Waals surface area contributed by atoms with Crippen molar-refractivity contribution in [3.63, 3.8) is 0 Å². The molecule has 0 saturated carbocycles. The summed E-state index contributed by atoms with van der Waals surface area (Å²) in [4.78, 5) is 26.8. The second-order valence-electron chi connectivity index (χ2n) is 7.98. The lowest BCUT2D eigenvalue weighted by molar-refractivity contribution is -0.140. The van der Waals surface area contributed by atoms with Crippen molar-refractivity contribution in [1.29, 1.82) is 0 Å². The largest absolute Gasteiger partial charge is 0.452 e. The first-order chi connectivity index (χ1) is 13.5. The summed E-state index contributed by atoms with van der Waals surface area (Å²) in [6.45, 7) is 5.78. The molecule has 156 valence electrons. The minimum atomic E-state index is -3.22. The average Bonchev–Trinajstić information content (AvgIpc) is 2.62. The first kappa shape index (κ1) is 22.6. The van der Waals surface area contributed by atoms with E-state index in [9.17, 15) is 18.0 Å². The second kappa shape index (κ2) is 9.22. The van der Waals surface area contributed by atoms with Gasteiger partial charge >= 0.3 is 5.97 Å². The van der Waals surface area contributed by atoms with Crippen LogP contribution in [0.5, 0.6) is 0 Å². The van der Waals surface area contributed by atoms with E-state index < -0.39 is 21.3 Å². The van der Waals surface area contributed by atoms with Gasteiger partial charge in [-0.2, -0.15) is 0 Å². The molecule has 2 aromatic rings. The molecule has 0 N–H and O–H groups in total. The molecule has 0 bridgehead atoms. The maximum absolute atomic E-state index is 12.8. The average molecular weight is 418 g/mol. The summed E-state index contributed by atoms with van der Waals surface area (Å²) < 4.78 is 28.1. The van der Waals surface area contributed by atoms with Crippen LogP contribution in [-0.4, -0.2) is 43.6 Å². The summed E-state index contributed by atoms with van der Waals surface area (Å²) in [5, 5.41) is 0. The molecule has 29 heavy (non-hydrogen) atoms. The van der Waals surface area contributed by atoms with E-state index in [1.165, 1.54) is 12.1 Å². The van der Waals surface area contributed by atoms with E-state index in [-0.39, 0.29) is 23.8 Å². The molecule has 2 aromatic carbocycles. The first-order valence-corrected chi connectivity index (χ1v) is 11.3. The third-order valence-corrected chi connectivity index (χ3v) is 5.07. The van der Waals surface area contributed by atoms with Crippen LogP contribution in [0.3, 0.4) is 0 Å². The molecule has 0 aliphatic heterocycles. The van der Waals surface area contributed by atoms with E-state index in [1.54, 1.807) is 17.0 Å². The Labute approximate surface area is 172 Å². The Morgan fingerprint density at radius 1 is 0.966 bits per heavy atom. The second-order valence-corrected chi connectivity index (χ2v) is 10.1. The standard InChI is InChI=1S/C22H27NO5S/c1-22(2,3)23(14-17-9-6-5-7-10-17)20(24)15-28-21(25)19-12-8-11-18(13-19)16-29(4,26)27/h5-13H,14-16H2,1-4H3. The van der Waals surface area contributed by atoms with Gasteiger partial charge in [-0.15, -0.1) is 0 Å². The van der Waals surface area contributed by atoms with Gasteiger partial charge in [0.2, 0.25) is 0 Å². The van der Waals surface area contributed by atoms with E-state index in [1.807, 2.05) is 51.1 Å². The van der Waals surface area contributed by atoms with E-state index in [0.717, 1.165) is 11.8 Å². The normalized spacial score (nSPS) is 11.7. The Hall–Kier alpha value is -2.67. The number of carbonyl (C=O) groups is 2. The van der Waals surface area contributed by atoms with Crippen molar-refractivity contribution in [2.75, 3.05) is 12.9 Å². The fourth-order valence-corrected chi connectivity index (χ4v) is 3.63. The molecule has 0 spiro atoms. The molecule has 0 radical (unpaired) electrons. The number of ether oxygens (including phenoxy) is 1. The summed E-state index contributed by atoms with van der Waals surface area (Å²) in [5.41, 5.74) is 1.24. The van der Waals surface area contributed by atoms with Gasteiger partial charge in [0.15, 0.2) is 16.4 Å². The minimum absolute atomic E-state index is 0.165. The van der Waals surface area contributed by atoms with Crippen LogP contribution >= 0.6 is 0 Å². The van der Waals surface area contributed by atoms with Gasteiger partial charge in [0.25, 0.3) is 5.91 Å². The van der Waals surface area contributed by atoms with Crippen LogP contribution in [0.2, 0.25) is 0 Å². The Morgan fingerprint density at radius 3 is 2.17 bits per heavy atom. The zero-order chi connectivity index (χ0) is 21.7. The Morgan fingerprint density at radius 2 is 1.59 bits per heavy atom. The lowest BCUT2D eigenvalue weighted by atomic mass is 10.0. The number of esters is 1. The van der Waals surface area contributed by atoms with Crippen LogP contribution in [0.1, 0.15) is 42.3 Å². The molecule has 0 aliphatic carbocycles. The van der Waals surface area contributed by atoms with Gasteiger partial charge in [-0.3, -0.25) is 4.79 Å². The molecular weight excluding hydrogens is 390 g/mol. The van der Waals surface area contributed by atoms with Crippen LogP contribution in [0.25, 0.3) is 0 Å². The Balaban J connectivity index is 2.05. The predicted octanol–water partition coefficient (Wildman–Crippen LogP) is 3.22. The number of benzene rings is 2. The SMILES string of the molecule is CC(C)(C)N(Cc1ccccc1)C(=O)COC(=O)c1cccc(CS(C)(=O)=O)c1. The predicted molar refractivity (Wildman–Crippen MR) is 112 cm³/mol. The highest BCUT2D eigenvalue weighted by molar-refractivity contribution is 7.89. The van der Waals surface area contributed by atoms with Gasteiger partial charge in [0.05, 0.1) is 11.3 Å². The fraction of sp³-hybridized carbons (Fsp3) is 0.364. The molecule has 0 unspecified atom stereocenters. The van der Waals surface area contributed by atoms with E-state index >= 15 is 0 Å². The molecule has 2 rings (SSSR count). The molecule has 1 amide bonds. The summed E-state index contributed by atoms with van der Waals surface area (Å²) in [6.07, 6.45) is 1.13. The molecule has 0 aliphatic rings. The maximum atomic E-state index is 12.8. The molecule has 0 fully saturated rings. The third-order valence-electron chi connectivity index (χ3n) is 4.21. The number of hydrogen-bond acceptors (Lipinski definition) is 5. The Kier molecular flexibility index (Phi) is 7.19. The van der Waals surface area contributed by atoms with Crippen molar-refractivity contribution in [3.8, 4) is 0 Å². The van der Waals surface area contributed by atoms with Crippen LogP contribution in [0.15, 0.2) is 54.6 Å². The van der Waals surface area contributed by atoms with Gasteiger partial charge in [0.1, 0.15) is 0 Å². The number of rotatable bonds is 7. The number of nitrogens with zero attached hydrogens (tertiary/aromatic N) is 1. The summed E-state index contributed by atoms with van der Waals surface area (Å²) in [7, 11) is -3.22. The molecule has 7 heteroatoms. The third kappa shape index (κ3) is 7.34. The van der Waals surface area contributed by atoms with E-state index in [0.29, 0.717) is 12.1 Å². The zero-order valence-electron chi connectivity index (χ0n) is 17.2. The van der Waals surface area contributed by atoms with Crippen LogP contribution in [0.4, 0.5) is 0 Å². The number of sulfone groups is 1. The highest BCUT2D eigenvalue weighted by atomic mass is 32.2. The smallest absolute Gasteiger partial charge is 0.338 e. The van der Waals surface area contributed by atoms with Crippen molar-refractivity contribution in [2.24, 2.45) is 0 Å². The van der Waals surface area contributed by atoms with Gasteiger partial charge in [-0.1, -0.05) is 42.5 Å². The lowest BCUT2D eigenvalue weighted by Crippen LogP contribution is -2.46. The number of amides is 1. The first-order valence-electron chi connectivity index (χ1n) is 9.24. The van der Waals surface area contributed by atoms with Gasteiger partial charge in [-0.05, 0) is 44.0 Å². The number of hydrogen-bond donors (Lipinski definition) is 0. The van der Waals surface area contributed by atoms with Crippen molar-refractivity contribution in [1.82, 2.24) is 4.90 Å². The van der Waals surface area contributed by atoms with Crippen molar-refractivity contribution in [2.45, 2.75) is 38.6 Å². The molecular formula is C22H27NO5S. The van der Waals surface area contributed by atoms with Gasteiger partial charge in [0, 0.05) is 18.3 Å². The maximum Gasteiger partial charge on any atom is 0.338 e. The van der Waals surface area contributed by atoms with Gasteiger partial charge in [-0.25, -0.2) is 13.2 Å². The quantitative estimate of drug-likeness (QED) is 0.646. The molecule has 6 nitrogen and oxygen atoms in total. The van der Waals surface area contributed by atoms with Crippen LogP contribution in [-0.2, 0) is 31.7 Å². The van der Waals surface area contributed by atoms with Crippen LogP contribution in [0, 0.1) is 0 Å². The molecule has 0 aromatic heterocycles. The monoisotopic (exact) mass is 417 g/mol. The lowest BCUT2D eigenvalue weighted by Gasteiger charge is -2.35. The number of carbonyl (C=O) groups excluding carboxylic acids is 2. The van der Waals surface area contributed by atoms with Crippen molar-refractivity contribution in [3.05, 3.63) is 71.3 Å². The highest BCUT2D eigenvalue weighted by Gasteiger charge is 2.27. The summed E-state index contributed by atoms with van der Waals surface area (Å²) in [5.74, 6) is -1.13. The zero-order valence-corrected chi connectivity index (χ0v) is 18.0.